The molecule has 2 N–H and O–H groups in total. The van der Waals surface area contributed by atoms with Crippen LogP contribution in [0, 0.1) is 15.5 Å². The predicted octanol–water partition coefficient (Wildman–Crippen LogP) is 1.79. The molecule has 1 aliphatic rings. The van der Waals surface area contributed by atoms with E-state index < -0.39 is 14.9 Å². The van der Waals surface area contributed by atoms with E-state index in [1.165, 1.54) is 24.3 Å². The molecule has 1 aliphatic heterocycles. The molecule has 23 heavy (non-hydrogen) atoms. The van der Waals surface area contributed by atoms with E-state index in [0.29, 0.717) is 12.1 Å². The minimum atomic E-state index is -3.48. The van der Waals surface area contributed by atoms with Gasteiger partial charge in [0.1, 0.15) is 0 Å². The van der Waals surface area contributed by atoms with Gasteiger partial charge >= 0.3 is 0 Å². The van der Waals surface area contributed by atoms with Crippen molar-refractivity contribution in [2.45, 2.75) is 38.5 Å². The minimum absolute atomic E-state index is 0.0488. The van der Waals surface area contributed by atoms with E-state index in [9.17, 15) is 18.5 Å². The largest absolute Gasteiger partial charge is 0.312 e. The summed E-state index contributed by atoms with van der Waals surface area (Å²) in [6, 6.07) is 5.68. The highest BCUT2D eigenvalue weighted by Crippen LogP contribution is 2.29. The van der Waals surface area contributed by atoms with Gasteiger partial charge in [-0.1, -0.05) is 26.0 Å². The van der Waals surface area contributed by atoms with Crippen LogP contribution in [0.1, 0.15) is 32.3 Å². The zero-order valence-corrected chi connectivity index (χ0v) is 14.2. The highest BCUT2D eigenvalue weighted by atomic mass is 32.2. The van der Waals surface area contributed by atoms with E-state index in [1.807, 2.05) is 0 Å². The number of piperidine rings is 1. The fraction of sp³-hybridized carbons (Fsp3) is 0.600. The number of hydrogen-bond donors (Lipinski definition) is 2. The lowest BCUT2D eigenvalue weighted by molar-refractivity contribution is -0.384. The minimum Gasteiger partial charge on any atom is -0.312 e. The van der Waals surface area contributed by atoms with Gasteiger partial charge in [0.25, 0.3) is 5.69 Å². The lowest BCUT2D eigenvalue weighted by Gasteiger charge is -2.39. The molecule has 0 bridgehead atoms. The molecule has 0 radical (unpaired) electrons. The number of sulfonamides is 1. The van der Waals surface area contributed by atoms with Gasteiger partial charge < -0.3 is 5.32 Å². The third-order valence-electron chi connectivity index (χ3n) is 4.34. The first-order valence-corrected chi connectivity index (χ1v) is 9.29. The second kappa shape index (κ2) is 6.94. The van der Waals surface area contributed by atoms with Crippen LogP contribution in [0.4, 0.5) is 5.69 Å². The van der Waals surface area contributed by atoms with Gasteiger partial charge in [0.2, 0.25) is 10.0 Å². The highest BCUT2D eigenvalue weighted by Gasteiger charge is 2.32. The molecule has 2 rings (SSSR count). The van der Waals surface area contributed by atoms with Crippen LogP contribution < -0.4 is 10.0 Å². The highest BCUT2D eigenvalue weighted by molar-refractivity contribution is 7.88. The number of nitrogens with zero attached hydrogens (tertiary/aromatic N) is 1. The Labute approximate surface area is 136 Å². The molecule has 0 amide bonds. The summed E-state index contributed by atoms with van der Waals surface area (Å²) in [6.07, 6.45) is 2.16. The van der Waals surface area contributed by atoms with E-state index in [0.717, 1.165) is 19.4 Å². The van der Waals surface area contributed by atoms with Crippen LogP contribution in [-0.4, -0.2) is 32.5 Å². The van der Waals surface area contributed by atoms with Crippen LogP contribution >= 0.6 is 0 Å². The number of nitro benzene ring substituents is 1. The van der Waals surface area contributed by atoms with Crippen molar-refractivity contribution < 1.29 is 13.3 Å². The molecule has 1 saturated heterocycles. The summed E-state index contributed by atoms with van der Waals surface area (Å²) in [5, 5.41) is 14.0. The van der Waals surface area contributed by atoms with Crippen molar-refractivity contribution in [3.63, 3.8) is 0 Å². The van der Waals surface area contributed by atoms with Gasteiger partial charge in [-0.15, -0.1) is 0 Å². The van der Waals surface area contributed by atoms with Crippen molar-refractivity contribution in [3.05, 3.63) is 39.9 Å². The fourth-order valence-corrected chi connectivity index (χ4v) is 3.97. The van der Waals surface area contributed by atoms with Gasteiger partial charge in [-0.2, -0.15) is 0 Å². The average Bonchev–Trinajstić information content (AvgIpc) is 2.46. The van der Waals surface area contributed by atoms with Gasteiger partial charge in [-0.3, -0.25) is 10.1 Å². The maximum Gasteiger partial charge on any atom is 0.269 e. The number of benzene rings is 1. The molecule has 0 saturated carbocycles. The van der Waals surface area contributed by atoms with E-state index in [4.69, 9.17) is 0 Å². The van der Waals surface area contributed by atoms with Gasteiger partial charge in [-0.05, 0) is 30.4 Å². The molecule has 0 aromatic heterocycles. The van der Waals surface area contributed by atoms with Crippen LogP contribution in [0.25, 0.3) is 0 Å². The second-order valence-corrected chi connectivity index (χ2v) is 8.44. The van der Waals surface area contributed by atoms with Crippen molar-refractivity contribution in [3.8, 4) is 0 Å². The van der Waals surface area contributed by atoms with Crippen LogP contribution in [0.2, 0.25) is 0 Å². The molecule has 0 aliphatic carbocycles. The third kappa shape index (κ3) is 4.98. The summed E-state index contributed by atoms with van der Waals surface area (Å²) in [5.74, 6) is -0.182. The first kappa shape index (κ1) is 17.8. The SMILES string of the molecule is CC1(C)CCCNC1CNS(=O)(=O)Cc1ccc([N+](=O)[O-])cc1. The quantitative estimate of drug-likeness (QED) is 0.607. The van der Waals surface area contributed by atoms with Crippen LogP contribution in [-0.2, 0) is 15.8 Å². The molecule has 1 atom stereocenters. The summed E-state index contributed by atoms with van der Waals surface area (Å²) in [7, 11) is -3.48. The Hall–Kier alpha value is -1.51. The standard InChI is InChI=1S/C15H23N3O4S/c1-15(2)8-3-9-16-14(15)10-17-23(21,22)11-12-4-6-13(7-5-12)18(19)20/h4-7,14,16-17H,3,8-11H2,1-2H3. The second-order valence-electron chi connectivity index (χ2n) is 6.63. The van der Waals surface area contributed by atoms with E-state index in [-0.39, 0.29) is 22.9 Å². The Kier molecular flexibility index (Phi) is 5.38. The molecular formula is C15H23N3O4S. The Morgan fingerprint density at radius 3 is 2.57 bits per heavy atom. The van der Waals surface area contributed by atoms with Crippen LogP contribution in [0.15, 0.2) is 24.3 Å². The normalized spacial score (nSPS) is 21.0. The molecule has 1 fully saturated rings. The molecule has 8 heteroatoms. The number of hydrogen-bond acceptors (Lipinski definition) is 5. The molecule has 128 valence electrons. The topological polar surface area (TPSA) is 101 Å². The van der Waals surface area contributed by atoms with Crippen molar-refractivity contribution >= 4 is 15.7 Å². The Morgan fingerprint density at radius 1 is 1.35 bits per heavy atom. The molecule has 0 spiro atoms. The van der Waals surface area contributed by atoms with Gasteiger partial charge in [-0.25, -0.2) is 13.1 Å². The molecular weight excluding hydrogens is 318 g/mol. The first-order valence-electron chi connectivity index (χ1n) is 7.64. The van der Waals surface area contributed by atoms with Crippen molar-refractivity contribution in [2.24, 2.45) is 5.41 Å². The zero-order chi connectivity index (χ0) is 17.1. The average molecular weight is 341 g/mol. The summed E-state index contributed by atoms with van der Waals surface area (Å²) in [5.41, 5.74) is 0.528. The van der Waals surface area contributed by atoms with Crippen molar-refractivity contribution in [1.82, 2.24) is 10.0 Å². The monoisotopic (exact) mass is 341 g/mol. The van der Waals surface area contributed by atoms with E-state index >= 15 is 0 Å². The molecule has 1 aromatic carbocycles. The summed E-state index contributed by atoms with van der Waals surface area (Å²) in [4.78, 5) is 10.1. The summed E-state index contributed by atoms with van der Waals surface area (Å²) < 4.78 is 27.0. The zero-order valence-electron chi connectivity index (χ0n) is 13.4. The predicted molar refractivity (Wildman–Crippen MR) is 88.5 cm³/mol. The molecule has 1 heterocycles. The van der Waals surface area contributed by atoms with E-state index in [1.54, 1.807) is 0 Å². The summed E-state index contributed by atoms with van der Waals surface area (Å²) >= 11 is 0. The lowest BCUT2D eigenvalue weighted by Crippen LogP contribution is -2.52. The van der Waals surface area contributed by atoms with Crippen molar-refractivity contribution in [2.75, 3.05) is 13.1 Å². The van der Waals surface area contributed by atoms with Gasteiger partial charge in [0.15, 0.2) is 0 Å². The first-order chi connectivity index (χ1) is 10.7. The van der Waals surface area contributed by atoms with Crippen LogP contribution in [0.3, 0.4) is 0 Å². The van der Waals surface area contributed by atoms with Crippen LogP contribution in [0.5, 0.6) is 0 Å². The lowest BCUT2D eigenvalue weighted by atomic mass is 9.78. The number of nitro groups is 1. The Balaban J connectivity index is 1.95. The Morgan fingerprint density at radius 2 is 2.00 bits per heavy atom. The maximum absolute atomic E-state index is 12.2. The number of rotatable bonds is 6. The third-order valence-corrected chi connectivity index (χ3v) is 5.66. The molecule has 1 unspecified atom stereocenters. The molecule has 1 aromatic rings. The van der Waals surface area contributed by atoms with Gasteiger partial charge in [0, 0.05) is 24.7 Å². The van der Waals surface area contributed by atoms with Crippen molar-refractivity contribution in [1.29, 1.82) is 0 Å². The number of non-ortho nitro benzene ring substituents is 1. The van der Waals surface area contributed by atoms with E-state index in [2.05, 4.69) is 23.9 Å². The fourth-order valence-electron chi connectivity index (χ4n) is 2.81. The number of nitrogens with one attached hydrogen (secondary N) is 2. The Bertz CT molecular complexity index is 656. The smallest absolute Gasteiger partial charge is 0.269 e. The van der Waals surface area contributed by atoms with Gasteiger partial charge in [0.05, 0.1) is 10.7 Å². The maximum atomic E-state index is 12.2. The molecule has 7 nitrogen and oxygen atoms in total. The summed E-state index contributed by atoms with van der Waals surface area (Å²) in [6.45, 7) is 5.52.